The van der Waals surface area contributed by atoms with Gasteiger partial charge < -0.3 is 9.80 Å². The van der Waals surface area contributed by atoms with Gasteiger partial charge in [-0.05, 0) is 206 Å². The van der Waals surface area contributed by atoms with Gasteiger partial charge >= 0.3 is 0 Å². The molecule has 0 amide bonds. The van der Waals surface area contributed by atoms with E-state index in [1.54, 1.807) is 0 Å². The van der Waals surface area contributed by atoms with Crippen molar-refractivity contribution in [2.45, 2.75) is 19.3 Å². The molecule has 18 rings (SSSR count). The summed E-state index contributed by atoms with van der Waals surface area (Å²) in [6, 6.07) is 147. The summed E-state index contributed by atoms with van der Waals surface area (Å²) < 4.78 is 0. The molecule has 0 aliphatic heterocycles. The Labute approximate surface area is 603 Å². The molecule has 0 saturated heterocycles. The highest BCUT2D eigenvalue weighted by atomic mass is 15.2. The molecule has 0 unspecified atom stereocenters. The fourth-order valence-electron chi connectivity index (χ4n) is 16.1. The number of benzene rings is 17. The highest BCUT2D eigenvalue weighted by molar-refractivity contribution is 6.06. The van der Waals surface area contributed by atoms with Crippen LogP contribution in [-0.2, 0) is 5.41 Å². The van der Waals surface area contributed by atoms with E-state index in [2.05, 4.69) is 424 Å². The van der Waals surface area contributed by atoms with Crippen molar-refractivity contribution >= 4 is 55.7 Å². The molecule has 0 bridgehead atoms. The molecule has 17 aromatic rings. The van der Waals surface area contributed by atoms with Crippen LogP contribution in [0.5, 0.6) is 0 Å². The average Bonchev–Trinajstić information content (AvgIpc) is 1.62. The number of para-hydroxylation sites is 2. The molecular formula is C101H72N2. The van der Waals surface area contributed by atoms with Gasteiger partial charge in [-0.15, -0.1) is 0 Å². The summed E-state index contributed by atoms with van der Waals surface area (Å²) in [5.74, 6) is 0. The molecule has 0 saturated carbocycles. The zero-order valence-corrected chi connectivity index (χ0v) is 57.5. The van der Waals surface area contributed by atoms with E-state index in [4.69, 9.17) is 0 Å². The van der Waals surface area contributed by atoms with Crippen molar-refractivity contribution in [1.82, 2.24) is 0 Å². The van der Waals surface area contributed by atoms with Crippen molar-refractivity contribution < 1.29 is 0 Å². The average molecular weight is 1310 g/mol. The normalized spacial score (nSPS) is 12.1. The van der Waals surface area contributed by atoms with Crippen molar-refractivity contribution in [1.29, 1.82) is 0 Å². The number of rotatable bonds is 15. The van der Waals surface area contributed by atoms with Crippen LogP contribution in [0.2, 0.25) is 0 Å². The van der Waals surface area contributed by atoms with Gasteiger partial charge in [0.1, 0.15) is 0 Å². The maximum absolute atomic E-state index is 2.49. The molecule has 17 aromatic carbocycles. The van der Waals surface area contributed by atoms with Crippen LogP contribution in [0.25, 0.3) is 133 Å². The Hall–Kier alpha value is -13.1. The maximum atomic E-state index is 2.49. The lowest BCUT2D eigenvalue weighted by Crippen LogP contribution is -2.17. The van der Waals surface area contributed by atoms with Gasteiger partial charge in [0.2, 0.25) is 0 Å². The van der Waals surface area contributed by atoms with Crippen molar-refractivity contribution in [3.63, 3.8) is 0 Å². The lowest BCUT2D eigenvalue weighted by molar-refractivity contribution is 0.660. The second-order valence-corrected chi connectivity index (χ2v) is 27.5. The molecule has 103 heavy (non-hydrogen) atoms. The maximum Gasteiger partial charge on any atom is 0.0540 e. The van der Waals surface area contributed by atoms with Crippen molar-refractivity contribution in [2.75, 3.05) is 9.80 Å². The van der Waals surface area contributed by atoms with Gasteiger partial charge in [0.15, 0.2) is 0 Å². The highest BCUT2D eigenvalue weighted by Crippen LogP contribution is 2.53. The van der Waals surface area contributed by atoms with Gasteiger partial charge in [0.05, 0.1) is 11.4 Å². The molecule has 1 aliphatic carbocycles. The van der Waals surface area contributed by atoms with Crippen LogP contribution < -0.4 is 9.80 Å². The highest BCUT2D eigenvalue weighted by Gasteiger charge is 2.36. The standard InChI is InChI=1S/C101H72N2/c1-101(2)97-55-18-15-47-93(97)94-63-62-82(68-98(94)101)103(100-57-20-17-49-96(100)92-46-14-12-44-85(92)71-30-7-4-8-31-71)81-41-24-39-78(67-81)88-52-27-53-89-87(51-26-54-90(88)89)76-37-22-36-75(65-76)74-35-21-34-73(64-74)69-58-60-79(61-59-69)102(80-40-23-38-77(66-80)86-50-25-33-72-32-9-10-42-83(72)86)99-56-19-16-48-95(99)91-45-13-11-43-84(91)70-28-5-3-6-29-70/h3-68H,1-2H3. The minimum absolute atomic E-state index is 0.181. The molecule has 0 fully saturated rings. The topological polar surface area (TPSA) is 6.48 Å². The molecule has 2 heteroatoms. The Morgan fingerprint density at radius 2 is 0.515 bits per heavy atom. The molecule has 0 atom stereocenters. The summed E-state index contributed by atoms with van der Waals surface area (Å²) in [6.45, 7) is 4.74. The minimum atomic E-state index is -0.181. The zero-order chi connectivity index (χ0) is 68.8. The molecule has 0 heterocycles. The van der Waals surface area contributed by atoms with E-state index < -0.39 is 0 Å². The molecule has 486 valence electrons. The van der Waals surface area contributed by atoms with Gasteiger partial charge in [0, 0.05) is 39.3 Å². The van der Waals surface area contributed by atoms with Gasteiger partial charge in [-0.25, -0.2) is 0 Å². The SMILES string of the molecule is CC1(C)c2ccccc2-c2ccc(N(c3cccc(-c4cccc5c(-c6cccc(-c7cccc(-c8ccc(N(c9cccc(-c%10cccc%11ccccc%10%11)c9)c9ccccc9-c9ccccc9-c9ccccc9)cc8)c7)c6)cccc45)c3)c3ccccc3-c3ccccc3-c3ccccc3)cc21. The number of fused-ring (bicyclic) bond motifs is 5. The lowest BCUT2D eigenvalue weighted by atomic mass is 9.82. The van der Waals surface area contributed by atoms with E-state index in [0.717, 1.165) is 78.6 Å². The Balaban J connectivity index is 0.690. The first kappa shape index (κ1) is 62.1. The van der Waals surface area contributed by atoms with Crippen molar-refractivity contribution in [2.24, 2.45) is 0 Å². The van der Waals surface area contributed by atoms with E-state index in [1.165, 1.54) is 99.4 Å². The molecular weight excluding hydrogens is 1240 g/mol. The van der Waals surface area contributed by atoms with E-state index in [-0.39, 0.29) is 5.41 Å². The monoisotopic (exact) mass is 1310 g/mol. The number of anilines is 6. The van der Waals surface area contributed by atoms with Gasteiger partial charge in [-0.3, -0.25) is 0 Å². The van der Waals surface area contributed by atoms with Crippen LogP contribution in [0.3, 0.4) is 0 Å². The summed E-state index contributed by atoms with van der Waals surface area (Å²) in [7, 11) is 0. The molecule has 0 radical (unpaired) electrons. The van der Waals surface area contributed by atoms with E-state index in [1.807, 2.05) is 0 Å². The largest absolute Gasteiger partial charge is 0.310 e. The first-order chi connectivity index (χ1) is 50.9. The van der Waals surface area contributed by atoms with Crippen LogP contribution in [-0.4, -0.2) is 0 Å². The van der Waals surface area contributed by atoms with E-state index in [9.17, 15) is 0 Å². The molecule has 0 N–H and O–H groups in total. The van der Waals surface area contributed by atoms with Crippen LogP contribution in [0.1, 0.15) is 25.0 Å². The Bertz CT molecular complexity index is 6040. The van der Waals surface area contributed by atoms with Crippen LogP contribution in [0, 0.1) is 0 Å². The first-order valence-corrected chi connectivity index (χ1v) is 35.7. The summed E-state index contributed by atoms with van der Waals surface area (Å²) in [5.41, 5.74) is 32.7. The Kier molecular flexibility index (Phi) is 16.0. The second-order valence-electron chi connectivity index (χ2n) is 27.5. The third-order valence-corrected chi connectivity index (χ3v) is 21.1. The predicted molar refractivity (Wildman–Crippen MR) is 437 cm³/mol. The Morgan fingerprint density at radius 1 is 0.175 bits per heavy atom. The zero-order valence-electron chi connectivity index (χ0n) is 57.5. The predicted octanol–water partition coefficient (Wildman–Crippen LogP) is 28.2. The summed E-state index contributed by atoms with van der Waals surface area (Å²) in [4.78, 5) is 4.92. The van der Waals surface area contributed by atoms with Crippen molar-refractivity contribution in [3.05, 3.63) is 412 Å². The second kappa shape index (κ2) is 26.5. The van der Waals surface area contributed by atoms with Crippen LogP contribution >= 0.6 is 0 Å². The number of nitrogens with zero attached hydrogens (tertiary/aromatic N) is 2. The minimum Gasteiger partial charge on any atom is -0.310 e. The van der Waals surface area contributed by atoms with Gasteiger partial charge in [-0.2, -0.15) is 0 Å². The summed E-state index contributed by atoms with van der Waals surface area (Å²) >= 11 is 0. The lowest BCUT2D eigenvalue weighted by Gasteiger charge is -2.30. The molecule has 2 nitrogen and oxygen atoms in total. The fraction of sp³-hybridized carbons (Fsp3) is 0.0297. The summed E-state index contributed by atoms with van der Waals surface area (Å²) in [5, 5.41) is 4.86. The fourth-order valence-corrected chi connectivity index (χ4v) is 16.1. The van der Waals surface area contributed by atoms with Crippen LogP contribution in [0.15, 0.2) is 400 Å². The van der Waals surface area contributed by atoms with E-state index in [0.29, 0.717) is 0 Å². The third kappa shape index (κ3) is 11.5. The van der Waals surface area contributed by atoms with Gasteiger partial charge in [0.25, 0.3) is 0 Å². The van der Waals surface area contributed by atoms with Gasteiger partial charge in [-0.1, -0.05) is 341 Å². The van der Waals surface area contributed by atoms with E-state index >= 15 is 0 Å². The molecule has 0 spiro atoms. The third-order valence-electron chi connectivity index (χ3n) is 21.1. The van der Waals surface area contributed by atoms with Crippen LogP contribution in [0.4, 0.5) is 34.1 Å². The first-order valence-electron chi connectivity index (χ1n) is 35.7. The summed E-state index contributed by atoms with van der Waals surface area (Å²) in [6.07, 6.45) is 0. The molecule has 1 aliphatic rings. The number of hydrogen-bond donors (Lipinski definition) is 0. The molecule has 0 aromatic heterocycles. The van der Waals surface area contributed by atoms with Crippen molar-refractivity contribution in [3.8, 4) is 111 Å². The smallest absolute Gasteiger partial charge is 0.0540 e. The quantitative estimate of drug-likeness (QED) is 0.101. The Morgan fingerprint density at radius 3 is 1.09 bits per heavy atom. The number of hydrogen-bond acceptors (Lipinski definition) is 2.